The lowest BCUT2D eigenvalue weighted by molar-refractivity contribution is -0.126. The molecular weight excluding hydrogens is 348 g/mol. The molecule has 2 heterocycles. The average Bonchev–Trinajstić information content (AvgIpc) is 2.84. The van der Waals surface area contributed by atoms with Crippen LogP contribution in [0.1, 0.15) is 19.4 Å². The number of urea groups is 1. The molecule has 4 amide bonds. The highest BCUT2D eigenvalue weighted by Gasteiger charge is 2.46. The molecule has 0 spiro atoms. The smallest absolute Gasteiger partial charge is 0.325 e. The zero-order valence-electron chi connectivity index (χ0n) is 15.8. The standard InChI is InChI=1S/C19H26N4O4/c1-19(2)17(25)21-18(26)23(19)13-16(24)20-15-5-3-14(4-6-15)7-8-22-9-11-27-12-10-22/h3-6H,7-13H2,1-2H3,(H,20,24)(H,21,25,26). The van der Waals surface area contributed by atoms with Crippen molar-refractivity contribution in [2.24, 2.45) is 0 Å². The van der Waals surface area contributed by atoms with Crippen LogP contribution in [0.2, 0.25) is 0 Å². The molecule has 2 saturated heterocycles. The van der Waals surface area contributed by atoms with Gasteiger partial charge in [-0.25, -0.2) is 4.79 Å². The molecule has 0 unspecified atom stereocenters. The van der Waals surface area contributed by atoms with Crippen molar-refractivity contribution in [3.8, 4) is 0 Å². The number of hydrogen-bond acceptors (Lipinski definition) is 5. The van der Waals surface area contributed by atoms with E-state index in [0.717, 1.165) is 39.3 Å². The molecule has 8 heteroatoms. The van der Waals surface area contributed by atoms with Crippen LogP contribution < -0.4 is 10.6 Å². The lowest BCUT2D eigenvalue weighted by Gasteiger charge is -2.27. The first-order valence-electron chi connectivity index (χ1n) is 9.18. The normalized spacial score (nSPS) is 19.9. The van der Waals surface area contributed by atoms with Crippen LogP contribution in [0.3, 0.4) is 0 Å². The number of hydrogen-bond donors (Lipinski definition) is 2. The monoisotopic (exact) mass is 374 g/mol. The van der Waals surface area contributed by atoms with Gasteiger partial charge in [0, 0.05) is 25.3 Å². The van der Waals surface area contributed by atoms with Crippen LogP contribution >= 0.6 is 0 Å². The molecule has 146 valence electrons. The number of nitrogens with zero attached hydrogens (tertiary/aromatic N) is 2. The highest BCUT2D eigenvalue weighted by molar-refractivity contribution is 6.08. The molecule has 1 aromatic carbocycles. The largest absolute Gasteiger partial charge is 0.379 e. The van der Waals surface area contributed by atoms with Crippen molar-refractivity contribution in [1.82, 2.24) is 15.1 Å². The summed E-state index contributed by atoms with van der Waals surface area (Å²) >= 11 is 0. The lowest BCUT2D eigenvalue weighted by atomic mass is 10.0. The van der Waals surface area contributed by atoms with Gasteiger partial charge in [-0.1, -0.05) is 12.1 Å². The third-order valence-electron chi connectivity index (χ3n) is 5.06. The van der Waals surface area contributed by atoms with Crippen molar-refractivity contribution < 1.29 is 19.1 Å². The maximum absolute atomic E-state index is 12.3. The van der Waals surface area contributed by atoms with Crippen molar-refractivity contribution >= 4 is 23.5 Å². The lowest BCUT2D eigenvalue weighted by Crippen LogP contribution is -2.47. The Bertz CT molecular complexity index is 711. The summed E-state index contributed by atoms with van der Waals surface area (Å²) in [7, 11) is 0. The quantitative estimate of drug-likeness (QED) is 0.720. The van der Waals surface area contributed by atoms with E-state index < -0.39 is 17.5 Å². The third-order valence-corrected chi connectivity index (χ3v) is 5.06. The Labute approximate surface area is 158 Å². The number of nitrogens with one attached hydrogen (secondary N) is 2. The van der Waals surface area contributed by atoms with Gasteiger partial charge in [-0.15, -0.1) is 0 Å². The highest BCUT2D eigenvalue weighted by Crippen LogP contribution is 2.20. The van der Waals surface area contributed by atoms with Gasteiger partial charge >= 0.3 is 6.03 Å². The van der Waals surface area contributed by atoms with Crippen LogP contribution in [-0.2, 0) is 20.7 Å². The van der Waals surface area contributed by atoms with E-state index in [4.69, 9.17) is 4.74 Å². The topological polar surface area (TPSA) is 91.0 Å². The summed E-state index contributed by atoms with van der Waals surface area (Å²) in [4.78, 5) is 39.5. The van der Waals surface area contributed by atoms with Crippen molar-refractivity contribution in [1.29, 1.82) is 0 Å². The van der Waals surface area contributed by atoms with Gasteiger partial charge in [0.2, 0.25) is 5.91 Å². The van der Waals surface area contributed by atoms with Gasteiger partial charge < -0.3 is 15.0 Å². The Hall–Kier alpha value is -2.45. The number of imide groups is 1. The molecule has 0 saturated carbocycles. The molecule has 2 N–H and O–H groups in total. The number of benzene rings is 1. The second kappa shape index (κ2) is 8.06. The number of carbonyl (C=O) groups excluding carboxylic acids is 3. The summed E-state index contributed by atoms with van der Waals surface area (Å²) in [5.74, 6) is -0.737. The molecule has 0 atom stereocenters. The molecule has 2 aliphatic heterocycles. The van der Waals surface area contributed by atoms with Gasteiger partial charge in [0.05, 0.1) is 13.2 Å². The number of rotatable bonds is 6. The zero-order valence-corrected chi connectivity index (χ0v) is 15.8. The van der Waals surface area contributed by atoms with Crippen LogP contribution in [0, 0.1) is 0 Å². The Kier molecular flexibility index (Phi) is 5.76. The SMILES string of the molecule is CC1(C)C(=O)NC(=O)N1CC(=O)Nc1ccc(CCN2CCOCC2)cc1. The molecule has 0 aliphatic carbocycles. The van der Waals surface area contributed by atoms with Crippen molar-refractivity contribution in [3.63, 3.8) is 0 Å². The van der Waals surface area contributed by atoms with E-state index in [-0.39, 0.29) is 12.5 Å². The minimum atomic E-state index is -1.03. The van der Waals surface area contributed by atoms with Crippen LogP contribution in [0.15, 0.2) is 24.3 Å². The van der Waals surface area contributed by atoms with E-state index in [1.165, 1.54) is 10.5 Å². The number of ether oxygens (including phenoxy) is 1. The van der Waals surface area contributed by atoms with E-state index in [0.29, 0.717) is 5.69 Å². The summed E-state index contributed by atoms with van der Waals surface area (Å²) in [6.07, 6.45) is 0.943. The summed E-state index contributed by atoms with van der Waals surface area (Å²) in [5.41, 5.74) is 0.835. The fraction of sp³-hybridized carbons (Fsp3) is 0.526. The Morgan fingerprint density at radius 2 is 1.85 bits per heavy atom. The van der Waals surface area contributed by atoms with Gasteiger partial charge in [-0.3, -0.25) is 19.8 Å². The Morgan fingerprint density at radius 1 is 1.19 bits per heavy atom. The molecule has 2 fully saturated rings. The van der Waals surface area contributed by atoms with E-state index in [1.54, 1.807) is 13.8 Å². The minimum absolute atomic E-state index is 0.177. The molecule has 0 bridgehead atoms. The third kappa shape index (κ3) is 4.64. The fourth-order valence-corrected chi connectivity index (χ4v) is 3.17. The maximum Gasteiger partial charge on any atom is 0.325 e. The number of carbonyl (C=O) groups is 3. The van der Waals surface area contributed by atoms with Crippen LogP contribution in [0.25, 0.3) is 0 Å². The molecule has 0 aromatic heterocycles. The van der Waals surface area contributed by atoms with Gasteiger partial charge in [-0.2, -0.15) is 0 Å². The van der Waals surface area contributed by atoms with Gasteiger partial charge in [-0.05, 0) is 38.0 Å². The first-order chi connectivity index (χ1) is 12.9. The van der Waals surface area contributed by atoms with Crippen LogP contribution in [-0.4, -0.2) is 72.6 Å². The van der Waals surface area contributed by atoms with Crippen molar-refractivity contribution in [2.45, 2.75) is 25.8 Å². The predicted octanol–water partition coefficient (Wildman–Crippen LogP) is 0.830. The summed E-state index contributed by atoms with van der Waals surface area (Å²) in [5, 5.41) is 5.01. The van der Waals surface area contributed by atoms with Crippen molar-refractivity contribution in [2.75, 3.05) is 44.7 Å². The van der Waals surface area contributed by atoms with E-state index in [1.807, 2.05) is 24.3 Å². The number of morpholine rings is 1. The maximum atomic E-state index is 12.3. The second-order valence-corrected chi connectivity index (χ2v) is 7.35. The van der Waals surface area contributed by atoms with Gasteiger partial charge in [0.25, 0.3) is 5.91 Å². The number of anilines is 1. The summed E-state index contributed by atoms with van der Waals surface area (Å²) in [6, 6.07) is 7.15. The molecule has 2 aliphatic rings. The van der Waals surface area contributed by atoms with Gasteiger partial charge in [0.15, 0.2) is 0 Å². The minimum Gasteiger partial charge on any atom is -0.379 e. The Morgan fingerprint density at radius 3 is 2.44 bits per heavy atom. The first-order valence-corrected chi connectivity index (χ1v) is 9.18. The first kappa shape index (κ1) is 19.3. The second-order valence-electron chi connectivity index (χ2n) is 7.35. The predicted molar refractivity (Wildman–Crippen MR) is 100 cm³/mol. The fourth-order valence-electron chi connectivity index (χ4n) is 3.17. The molecule has 27 heavy (non-hydrogen) atoms. The summed E-state index contributed by atoms with van der Waals surface area (Å²) < 4.78 is 5.35. The average molecular weight is 374 g/mol. The summed E-state index contributed by atoms with van der Waals surface area (Å²) in [6.45, 7) is 7.57. The molecule has 0 radical (unpaired) electrons. The van der Waals surface area contributed by atoms with E-state index in [9.17, 15) is 14.4 Å². The van der Waals surface area contributed by atoms with Crippen LogP contribution in [0.5, 0.6) is 0 Å². The van der Waals surface area contributed by atoms with E-state index >= 15 is 0 Å². The van der Waals surface area contributed by atoms with Crippen molar-refractivity contribution in [3.05, 3.63) is 29.8 Å². The Balaban J connectivity index is 1.49. The zero-order chi connectivity index (χ0) is 19.4. The van der Waals surface area contributed by atoms with Gasteiger partial charge in [0.1, 0.15) is 12.1 Å². The molecule has 8 nitrogen and oxygen atoms in total. The number of amides is 4. The molecular formula is C19H26N4O4. The van der Waals surface area contributed by atoms with E-state index in [2.05, 4.69) is 15.5 Å². The highest BCUT2D eigenvalue weighted by atomic mass is 16.5. The van der Waals surface area contributed by atoms with Crippen LogP contribution in [0.4, 0.5) is 10.5 Å². The molecule has 1 aromatic rings. The molecule has 3 rings (SSSR count).